The van der Waals surface area contributed by atoms with E-state index in [1.807, 2.05) is 42.8 Å². The molecule has 8 heteroatoms. The molecule has 8 nitrogen and oxygen atoms in total. The molecule has 1 atom stereocenters. The van der Waals surface area contributed by atoms with Crippen LogP contribution >= 0.6 is 0 Å². The first kappa shape index (κ1) is 19.0. The van der Waals surface area contributed by atoms with E-state index in [9.17, 15) is 0 Å². The van der Waals surface area contributed by atoms with Gasteiger partial charge in [0.25, 0.3) is 0 Å². The summed E-state index contributed by atoms with van der Waals surface area (Å²) < 4.78 is 12.6. The van der Waals surface area contributed by atoms with Crippen molar-refractivity contribution in [1.82, 2.24) is 19.7 Å². The second-order valence-electron chi connectivity index (χ2n) is 7.25. The van der Waals surface area contributed by atoms with Crippen molar-refractivity contribution in [3.8, 4) is 17.3 Å². The SMILES string of the molecule is COc1cc(OC)cc(N2CCC(Nc3cncc(-n4nc(C)cc4C)n3)C2)c1. The fourth-order valence-corrected chi connectivity index (χ4v) is 3.68. The molecule has 0 amide bonds. The first-order valence-corrected chi connectivity index (χ1v) is 9.66. The second kappa shape index (κ2) is 7.98. The Morgan fingerprint density at radius 3 is 2.45 bits per heavy atom. The van der Waals surface area contributed by atoms with Gasteiger partial charge in [-0.1, -0.05) is 0 Å². The Morgan fingerprint density at radius 2 is 1.79 bits per heavy atom. The maximum absolute atomic E-state index is 5.40. The molecule has 3 aromatic rings. The highest BCUT2D eigenvalue weighted by Gasteiger charge is 2.24. The van der Waals surface area contributed by atoms with Crippen LogP contribution in [0.1, 0.15) is 17.8 Å². The molecule has 29 heavy (non-hydrogen) atoms. The summed E-state index contributed by atoms with van der Waals surface area (Å²) in [6, 6.07) is 8.26. The van der Waals surface area contributed by atoms with E-state index in [-0.39, 0.29) is 6.04 Å². The Bertz CT molecular complexity index is 980. The van der Waals surface area contributed by atoms with Crippen molar-refractivity contribution < 1.29 is 9.47 Å². The summed E-state index contributed by atoms with van der Waals surface area (Å²) in [5.41, 5.74) is 3.09. The number of methoxy groups -OCH3 is 2. The highest BCUT2D eigenvalue weighted by molar-refractivity contribution is 5.57. The third kappa shape index (κ3) is 4.11. The zero-order valence-electron chi connectivity index (χ0n) is 17.2. The quantitative estimate of drug-likeness (QED) is 0.689. The molecule has 1 aliphatic rings. The highest BCUT2D eigenvalue weighted by Crippen LogP contribution is 2.31. The average molecular weight is 394 g/mol. The van der Waals surface area contributed by atoms with Gasteiger partial charge >= 0.3 is 0 Å². The molecule has 1 unspecified atom stereocenters. The van der Waals surface area contributed by atoms with Gasteiger partial charge in [-0.2, -0.15) is 5.10 Å². The van der Waals surface area contributed by atoms with Crippen LogP contribution < -0.4 is 19.7 Å². The van der Waals surface area contributed by atoms with Gasteiger partial charge in [-0.05, 0) is 26.3 Å². The average Bonchev–Trinajstić information content (AvgIpc) is 3.33. The van der Waals surface area contributed by atoms with Crippen molar-refractivity contribution in [3.63, 3.8) is 0 Å². The van der Waals surface area contributed by atoms with Crippen LogP contribution in [-0.2, 0) is 0 Å². The van der Waals surface area contributed by atoms with Crippen LogP contribution in [0.5, 0.6) is 11.5 Å². The van der Waals surface area contributed by atoms with E-state index in [1.165, 1.54) is 0 Å². The summed E-state index contributed by atoms with van der Waals surface area (Å²) in [6.07, 6.45) is 4.49. The molecule has 1 fully saturated rings. The Hall–Kier alpha value is -3.29. The van der Waals surface area contributed by atoms with Crippen molar-refractivity contribution in [2.75, 3.05) is 37.5 Å². The van der Waals surface area contributed by atoms with Gasteiger partial charge in [0.15, 0.2) is 5.82 Å². The molecule has 0 bridgehead atoms. The number of benzene rings is 1. The number of nitrogens with zero attached hydrogens (tertiary/aromatic N) is 5. The predicted octanol–water partition coefficient (Wildman–Crippen LogP) is 2.99. The number of anilines is 2. The van der Waals surface area contributed by atoms with Crippen LogP contribution in [0, 0.1) is 13.8 Å². The van der Waals surface area contributed by atoms with E-state index >= 15 is 0 Å². The summed E-state index contributed by atoms with van der Waals surface area (Å²) in [7, 11) is 3.34. The van der Waals surface area contributed by atoms with Crippen molar-refractivity contribution in [3.05, 3.63) is 48.0 Å². The molecule has 0 aliphatic carbocycles. The van der Waals surface area contributed by atoms with E-state index < -0.39 is 0 Å². The van der Waals surface area contributed by atoms with Crippen LogP contribution in [-0.4, -0.2) is 53.1 Å². The first-order valence-electron chi connectivity index (χ1n) is 9.66. The molecule has 0 saturated carbocycles. The zero-order valence-corrected chi connectivity index (χ0v) is 17.2. The summed E-state index contributed by atoms with van der Waals surface area (Å²) in [5.74, 6) is 3.05. The molecule has 2 aromatic heterocycles. The maximum Gasteiger partial charge on any atom is 0.174 e. The first-order chi connectivity index (χ1) is 14.1. The minimum absolute atomic E-state index is 0.275. The van der Waals surface area contributed by atoms with E-state index in [1.54, 1.807) is 26.6 Å². The third-order valence-corrected chi connectivity index (χ3v) is 5.09. The van der Waals surface area contributed by atoms with Gasteiger partial charge < -0.3 is 19.7 Å². The Balaban J connectivity index is 1.47. The monoisotopic (exact) mass is 394 g/mol. The lowest BCUT2D eigenvalue weighted by molar-refractivity contribution is 0.394. The highest BCUT2D eigenvalue weighted by atomic mass is 16.5. The zero-order chi connectivity index (χ0) is 20.4. The smallest absolute Gasteiger partial charge is 0.174 e. The van der Waals surface area contributed by atoms with Crippen molar-refractivity contribution in [2.45, 2.75) is 26.3 Å². The predicted molar refractivity (Wildman–Crippen MR) is 112 cm³/mol. The van der Waals surface area contributed by atoms with Gasteiger partial charge in [0.1, 0.15) is 17.3 Å². The normalized spacial score (nSPS) is 16.1. The van der Waals surface area contributed by atoms with E-state index in [2.05, 4.69) is 20.3 Å². The minimum Gasteiger partial charge on any atom is -0.497 e. The molecule has 0 spiro atoms. The van der Waals surface area contributed by atoms with Crippen molar-refractivity contribution >= 4 is 11.5 Å². The molecule has 4 rings (SSSR count). The van der Waals surface area contributed by atoms with E-state index in [4.69, 9.17) is 14.5 Å². The van der Waals surface area contributed by atoms with Gasteiger partial charge in [-0.25, -0.2) is 9.67 Å². The number of aryl methyl sites for hydroxylation is 2. The molecule has 1 aromatic carbocycles. The molecule has 1 N–H and O–H groups in total. The van der Waals surface area contributed by atoms with Crippen LogP contribution in [0.25, 0.3) is 5.82 Å². The van der Waals surface area contributed by atoms with Crippen molar-refractivity contribution in [2.24, 2.45) is 0 Å². The minimum atomic E-state index is 0.275. The number of aromatic nitrogens is 4. The van der Waals surface area contributed by atoms with Gasteiger partial charge in [0.2, 0.25) is 0 Å². The van der Waals surface area contributed by atoms with Crippen LogP contribution in [0.3, 0.4) is 0 Å². The van der Waals surface area contributed by atoms with Crippen LogP contribution in [0.4, 0.5) is 11.5 Å². The lowest BCUT2D eigenvalue weighted by Gasteiger charge is -2.21. The van der Waals surface area contributed by atoms with Crippen molar-refractivity contribution in [1.29, 1.82) is 0 Å². The fraction of sp³-hybridized carbons (Fsp3) is 0.381. The standard InChI is InChI=1S/C21H26N6O2/c1-14-7-15(2)27(25-14)21-12-22-11-20(24-21)23-16-5-6-26(13-16)17-8-18(28-3)10-19(9-17)29-4/h7-12,16H,5-6,13H2,1-4H3,(H,23,24). The van der Waals surface area contributed by atoms with Gasteiger partial charge in [0.05, 0.1) is 32.3 Å². The number of nitrogens with one attached hydrogen (secondary N) is 1. The molecule has 3 heterocycles. The molecular formula is C21H26N6O2. The van der Waals surface area contributed by atoms with Gasteiger partial charge in [0, 0.05) is 48.7 Å². The molecule has 0 radical (unpaired) electrons. The van der Waals surface area contributed by atoms with Gasteiger partial charge in [-0.3, -0.25) is 4.98 Å². The summed E-state index contributed by atoms with van der Waals surface area (Å²) in [4.78, 5) is 11.4. The summed E-state index contributed by atoms with van der Waals surface area (Å²) in [5, 5.41) is 8.01. The van der Waals surface area contributed by atoms with Gasteiger partial charge in [-0.15, -0.1) is 0 Å². The number of rotatable bonds is 6. The summed E-state index contributed by atoms with van der Waals surface area (Å²) >= 11 is 0. The Kier molecular flexibility index (Phi) is 5.24. The van der Waals surface area contributed by atoms with E-state index in [0.29, 0.717) is 5.82 Å². The Morgan fingerprint density at radius 1 is 1.03 bits per heavy atom. The Labute approximate surface area is 170 Å². The molecule has 1 aliphatic heterocycles. The maximum atomic E-state index is 5.40. The lowest BCUT2D eigenvalue weighted by Crippen LogP contribution is -2.26. The fourth-order valence-electron chi connectivity index (χ4n) is 3.68. The topological polar surface area (TPSA) is 77.3 Å². The molecule has 1 saturated heterocycles. The molecule has 152 valence electrons. The number of hydrogen-bond donors (Lipinski definition) is 1. The number of ether oxygens (including phenoxy) is 2. The largest absolute Gasteiger partial charge is 0.497 e. The molecular weight excluding hydrogens is 368 g/mol. The third-order valence-electron chi connectivity index (χ3n) is 5.09. The van der Waals surface area contributed by atoms with E-state index in [0.717, 1.165) is 53.9 Å². The summed E-state index contributed by atoms with van der Waals surface area (Å²) in [6.45, 7) is 5.79. The van der Waals surface area contributed by atoms with Crippen LogP contribution in [0.2, 0.25) is 0 Å². The van der Waals surface area contributed by atoms with Crippen LogP contribution in [0.15, 0.2) is 36.7 Å². The lowest BCUT2D eigenvalue weighted by atomic mass is 10.2. The number of hydrogen-bond acceptors (Lipinski definition) is 7. The second-order valence-corrected chi connectivity index (χ2v) is 7.25.